The molecule has 0 fully saturated rings. The van der Waals surface area contributed by atoms with Gasteiger partial charge in [-0.25, -0.2) is 12.8 Å². The van der Waals surface area contributed by atoms with Crippen molar-refractivity contribution in [3.8, 4) is 0 Å². The van der Waals surface area contributed by atoms with Crippen molar-refractivity contribution < 1.29 is 12.8 Å². The van der Waals surface area contributed by atoms with E-state index in [4.69, 9.17) is 5.73 Å². The average molecular weight is 245 g/mol. The number of hydrogen-bond acceptors (Lipinski definition) is 3. The van der Waals surface area contributed by atoms with E-state index in [0.717, 1.165) is 6.42 Å². The lowest BCUT2D eigenvalue weighted by Crippen LogP contribution is -2.11. The van der Waals surface area contributed by atoms with Crippen LogP contribution < -0.4 is 5.73 Å². The zero-order valence-corrected chi connectivity index (χ0v) is 10.1. The van der Waals surface area contributed by atoms with E-state index < -0.39 is 15.7 Å². The summed E-state index contributed by atoms with van der Waals surface area (Å²) in [6, 6.07) is 4.43. The molecule has 0 aliphatic carbocycles. The highest BCUT2D eigenvalue weighted by molar-refractivity contribution is 7.90. The molecule has 1 aromatic carbocycles. The summed E-state index contributed by atoms with van der Waals surface area (Å²) in [5.41, 5.74) is 5.51. The molecule has 90 valence electrons. The third-order valence-corrected chi connectivity index (χ3v) is 3.95. The summed E-state index contributed by atoms with van der Waals surface area (Å²) in [6.07, 6.45) is 1.41. The molecule has 2 N–H and O–H groups in total. The van der Waals surface area contributed by atoms with Crippen LogP contribution in [0.3, 0.4) is 0 Å². The topological polar surface area (TPSA) is 60.2 Å². The fourth-order valence-corrected chi connectivity index (χ4v) is 2.95. The predicted octanol–water partition coefficient (Wildman–Crippen LogP) is 2.12. The van der Waals surface area contributed by atoms with Gasteiger partial charge in [0.2, 0.25) is 0 Å². The Balaban J connectivity index is 2.84. The first kappa shape index (κ1) is 13.0. The summed E-state index contributed by atoms with van der Waals surface area (Å²) in [5, 5.41) is 0. The van der Waals surface area contributed by atoms with Crippen LogP contribution in [0.4, 0.5) is 10.1 Å². The van der Waals surface area contributed by atoms with Crippen molar-refractivity contribution in [2.24, 2.45) is 0 Å². The molecule has 0 atom stereocenters. The van der Waals surface area contributed by atoms with Crippen LogP contribution in [-0.2, 0) is 15.6 Å². The summed E-state index contributed by atoms with van der Waals surface area (Å²) in [7, 11) is -3.23. The molecule has 3 nitrogen and oxygen atoms in total. The van der Waals surface area contributed by atoms with Gasteiger partial charge in [-0.3, -0.25) is 0 Å². The van der Waals surface area contributed by atoms with Gasteiger partial charge in [0.25, 0.3) is 0 Å². The Morgan fingerprint density at radius 3 is 2.69 bits per heavy atom. The molecule has 0 amide bonds. The molecule has 1 rings (SSSR count). The molecule has 5 heteroatoms. The van der Waals surface area contributed by atoms with Gasteiger partial charge in [0.15, 0.2) is 9.84 Å². The van der Waals surface area contributed by atoms with Gasteiger partial charge in [0, 0.05) is 5.56 Å². The largest absolute Gasteiger partial charge is 0.396 e. The fourth-order valence-electron chi connectivity index (χ4n) is 1.38. The van der Waals surface area contributed by atoms with Gasteiger partial charge in [0.05, 0.1) is 17.2 Å². The van der Waals surface area contributed by atoms with Crippen LogP contribution in [-0.4, -0.2) is 14.2 Å². The Morgan fingerprint density at radius 2 is 2.06 bits per heavy atom. The van der Waals surface area contributed by atoms with Crippen molar-refractivity contribution >= 4 is 15.5 Å². The Morgan fingerprint density at radius 1 is 1.38 bits per heavy atom. The average Bonchev–Trinajstić information content (AvgIpc) is 2.22. The zero-order valence-electron chi connectivity index (χ0n) is 9.24. The van der Waals surface area contributed by atoms with Gasteiger partial charge in [-0.05, 0) is 12.5 Å². The van der Waals surface area contributed by atoms with E-state index in [0.29, 0.717) is 6.42 Å². The van der Waals surface area contributed by atoms with Gasteiger partial charge in [-0.2, -0.15) is 0 Å². The molecule has 0 unspecified atom stereocenters. The minimum absolute atomic E-state index is 0.0109. The Kier molecular flexibility index (Phi) is 4.29. The molecule has 16 heavy (non-hydrogen) atoms. The van der Waals surface area contributed by atoms with Crippen LogP contribution in [0.15, 0.2) is 18.2 Å². The van der Waals surface area contributed by atoms with Gasteiger partial charge in [-0.1, -0.05) is 25.5 Å². The minimum atomic E-state index is -3.23. The first-order valence-corrected chi connectivity index (χ1v) is 7.01. The molecular formula is C11H16FNO2S. The van der Waals surface area contributed by atoms with Crippen molar-refractivity contribution in [2.45, 2.75) is 25.5 Å². The fraction of sp³-hybridized carbons (Fsp3) is 0.455. The third-order valence-electron chi connectivity index (χ3n) is 2.29. The number of unbranched alkanes of at least 4 members (excludes halogenated alkanes) is 1. The summed E-state index contributed by atoms with van der Waals surface area (Å²) >= 11 is 0. The van der Waals surface area contributed by atoms with E-state index >= 15 is 0 Å². The summed E-state index contributed by atoms with van der Waals surface area (Å²) < 4.78 is 36.7. The standard InChI is InChI=1S/C11H16FNO2S/c1-2-3-7-16(14,15)8-9-5-4-6-10(13)11(9)12/h4-6H,2-3,7-8,13H2,1H3. The van der Waals surface area contributed by atoms with Crippen LogP contribution in [0.1, 0.15) is 25.3 Å². The SMILES string of the molecule is CCCCS(=O)(=O)Cc1cccc(N)c1F. The molecule has 0 bridgehead atoms. The highest BCUT2D eigenvalue weighted by atomic mass is 32.2. The first-order valence-electron chi connectivity index (χ1n) is 5.19. The van der Waals surface area contributed by atoms with Crippen molar-refractivity contribution in [3.05, 3.63) is 29.6 Å². The molecule has 1 aromatic rings. The third kappa shape index (κ3) is 3.48. The number of anilines is 1. The molecule has 0 radical (unpaired) electrons. The Hall–Kier alpha value is -1.10. The molecule has 0 aromatic heterocycles. The maximum absolute atomic E-state index is 13.5. The van der Waals surface area contributed by atoms with Crippen molar-refractivity contribution in [1.82, 2.24) is 0 Å². The monoisotopic (exact) mass is 245 g/mol. The molecule has 0 aliphatic rings. The second kappa shape index (κ2) is 5.30. The molecule has 0 saturated carbocycles. The van der Waals surface area contributed by atoms with Gasteiger partial charge < -0.3 is 5.73 Å². The number of nitrogen functional groups attached to an aromatic ring is 1. The lowest BCUT2D eigenvalue weighted by molar-refractivity contribution is 0.585. The van der Waals surface area contributed by atoms with E-state index in [2.05, 4.69) is 0 Å². The number of sulfone groups is 1. The Bertz CT molecular complexity index is 457. The smallest absolute Gasteiger partial charge is 0.154 e. The lowest BCUT2D eigenvalue weighted by atomic mass is 10.2. The van der Waals surface area contributed by atoms with Crippen molar-refractivity contribution in [3.63, 3.8) is 0 Å². The van der Waals surface area contributed by atoms with E-state index in [-0.39, 0.29) is 22.8 Å². The van der Waals surface area contributed by atoms with E-state index in [1.165, 1.54) is 12.1 Å². The maximum Gasteiger partial charge on any atom is 0.154 e. The minimum Gasteiger partial charge on any atom is -0.396 e. The molecule has 0 spiro atoms. The van der Waals surface area contributed by atoms with Crippen LogP contribution in [0.2, 0.25) is 0 Å². The van der Waals surface area contributed by atoms with E-state index in [1.807, 2.05) is 6.92 Å². The normalized spacial score (nSPS) is 11.6. The van der Waals surface area contributed by atoms with Gasteiger partial charge in [0.1, 0.15) is 5.82 Å². The summed E-state index contributed by atoms with van der Waals surface area (Å²) in [6.45, 7) is 1.91. The maximum atomic E-state index is 13.5. The number of nitrogens with two attached hydrogens (primary N) is 1. The second-order valence-electron chi connectivity index (χ2n) is 3.77. The molecule has 0 aliphatic heterocycles. The van der Waals surface area contributed by atoms with Crippen molar-refractivity contribution in [1.29, 1.82) is 0 Å². The highest BCUT2D eigenvalue weighted by Gasteiger charge is 2.15. The summed E-state index contributed by atoms with van der Waals surface area (Å²) in [5.74, 6) is -0.802. The number of rotatable bonds is 5. The van der Waals surface area contributed by atoms with Crippen LogP contribution in [0, 0.1) is 5.82 Å². The van der Waals surface area contributed by atoms with Crippen molar-refractivity contribution in [2.75, 3.05) is 11.5 Å². The highest BCUT2D eigenvalue weighted by Crippen LogP contribution is 2.17. The number of hydrogen-bond donors (Lipinski definition) is 1. The molecule has 0 heterocycles. The van der Waals surface area contributed by atoms with Gasteiger partial charge >= 0.3 is 0 Å². The predicted molar refractivity (Wildman–Crippen MR) is 63.2 cm³/mol. The second-order valence-corrected chi connectivity index (χ2v) is 5.95. The number of halogens is 1. The van der Waals surface area contributed by atoms with E-state index in [1.54, 1.807) is 6.07 Å². The lowest BCUT2D eigenvalue weighted by Gasteiger charge is -2.06. The quantitative estimate of drug-likeness (QED) is 0.808. The molecular weight excluding hydrogens is 229 g/mol. The van der Waals surface area contributed by atoms with Crippen LogP contribution >= 0.6 is 0 Å². The van der Waals surface area contributed by atoms with E-state index in [9.17, 15) is 12.8 Å². The Labute approximate surface area is 95.4 Å². The zero-order chi connectivity index (χ0) is 12.2. The van der Waals surface area contributed by atoms with Crippen LogP contribution in [0.25, 0.3) is 0 Å². The first-order chi connectivity index (χ1) is 7.46. The van der Waals surface area contributed by atoms with Gasteiger partial charge in [-0.15, -0.1) is 0 Å². The summed E-state index contributed by atoms with van der Waals surface area (Å²) in [4.78, 5) is 0. The van der Waals surface area contributed by atoms with Crippen LogP contribution in [0.5, 0.6) is 0 Å². The number of benzene rings is 1. The molecule has 0 saturated heterocycles.